The van der Waals surface area contributed by atoms with Crippen molar-refractivity contribution in [2.24, 2.45) is 0 Å². The molecule has 0 amide bonds. The van der Waals surface area contributed by atoms with Crippen molar-refractivity contribution in [1.29, 1.82) is 0 Å². The van der Waals surface area contributed by atoms with Gasteiger partial charge in [-0.15, -0.1) is 0 Å². The predicted molar refractivity (Wildman–Crippen MR) is 110 cm³/mol. The van der Waals surface area contributed by atoms with Crippen LogP contribution >= 0.6 is 0 Å². The number of nitrogens with one attached hydrogen (secondary N) is 1. The third-order valence-corrected chi connectivity index (χ3v) is 5.63. The molecule has 2 heterocycles. The average Bonchev–Trinajstić information content (AvgIpc) is 2.99. The Kier molecular flexibility index (Phi) is 5.76. The minimum Gasteiger partial charge on any atom is -0.382 e. The highest BCUT2D eigenvalue weighted by Crippen LogP contribution is 2.29. The van der Waals surface area contributed by atoms with E-state index in [1.807, 2.05) is 24.3 Å². The van der Waals surface area contributed by atoms with Gasteiger partial charge in [0, 0.05) is 30.3 Å². The van der Waals surface area contributed by atoms with Crippen molar-refractivity contribution in [3.05, 3.63) is 41.6 Å². The van der Waals surface area contributed by atoms with E-state index in [4.69, 9.17) is 10.7 Å². The Morgan fingerprint density at radius 1 is 1.26 bits per heavy atom. The van der Waals surface area contributed by atoms with Gasteiger partial charge in [-0.1, -0.05) is 37.6 Å². The highest BCUT2D eigenvalue weighted by molar-refractivity contribution is 7.92. The third-order valence-electron chi connectivity index (χ3n) is 4.40. The largest absolute Gasteiger partial charge is 0.382 e. The van der Waals surface area contributed by atoms with E-state index in [0.29, 0.717) is 17.9 Å². The molecule has 0 saturated heterocycles. The number of pyridine rings is 1. The zero-order chi connectivity index (χ0) is 19.4. The fourth-order valence-corrected chi connectivity index (χ4v) is 4.03. The number of nitrogens with two attached hydrogens (primary N) is 1. The van der Waals surface area contributed by atoms with Gasteiger partial charge < -0.3 is 10.3 Å². The topological polar surface area (TPSA) is 103 Å². The van der Waals surface area contributed by atoms with Crippen LogP contribution in [0.4, 0.5) is 5.82 Å². The molecule has 8 heteroatoms. The standard InChI is InChI=1S/C19H25N5O2S/c1-3-5-10-16-23-17-18(14-8-6-7-9-15(14)22-19(17)20)24(16)12-11-21-27(25,26)13-4-2/h4,6-9,13,21H,3,5,10-12H2,1-2H3,(H2,20,22). The van der Waals surface area contributed by atoms with Gasteiger partial charge in [-0.2, -0.15) is 0 Å². The first kappa shape index (κ1) is 19.3. The number of anilines is 1. The Hall–Kier alpha value is -2.45. The Morgan fingerprint density at radius 3 is 2.78 bits per heavy atom. The molecule has 0 bridgehead atoms. The normalized spacial score (nSPS) is 12.5. The van der Waals surface area contributed by atoms with E-state index in [-0.39, 0.29) is 6.54 Å². The number of benzene rings is 1. The van der Waals surface area contributed by atoms with Crippen LogP contribution in [0, 0.1) is 0 Å². The first-order chi connectivity index (χ1) is 13.0. The number of nitrogens with zero attached hydrogens (tertiary/aromatic N) is 3. The molecule has 3 aromatic rings. The Morgan fingerprint density at radius 2 is 2.04 bits per heavy atom. The molecule has 1 aromatic carbocycles. The number of aromatic nitrogens is 3. The summed E-state index contributed by atoms with van der Waals surface area (Å²) in [6.45, 7) is 4.55. The number of fused-ring (bicyclic) bond motifs is 3. The molecule has 0 saturated carbocycles. The summed E-state index contributed by atoms with van der Waals surface area (Å²) in [4.78, 5) is 9.20. The van der Waals surface area contributed by atoms with Gasteiger partial charge in [0.1, 0.15) is 11.3 Å². The second kappa shape index (κ2) is 8.06. The van der Waals surface area contributed by atoms with Crippen molar-refractivity contribution in [3.8, 4) is 0 Å². The molecular weight excluding hydrogens is 362 g/mol. The lowest BCUT2D eigenvalue weighted by Crippen LogP contribution is -2.26. The lowest BCUT2D eigenvalue weighted by molar-refractivity contribution is 0.578. The monoisotopic (exact) mass is 387 g/mol. The third kappa shape index (κ3) is 4.12. The van der Waals surface area contributed by atoms with Crippen LogP contribution < -0.4 is 10.5 Å². The van der Waals surface area contributed by atoms with Crippen molar-refractivity contribution in [1.82, 2.24) is 19.3 Å². The van der Waals surface area contributed by atoms with Gasteiger partial charge >= 0.3 is 0 Å². The van der Waals surface area contributed by atoms with E-state index >= 15 is 0 Å². The molecule has 7 nitrogen and oxygen atoms in total. The maximum atomic E-state index is 11.9. The van der Waals surface area contributed by atoms with E-state index < -0.39 is 10.0 Å². The molecule has 0 fully saturated rings. The summed E-state index contributed by atoms with van der Waals surface area (Å²) in [5.74, 6) is 1.30. The van der Waals surface area contributed by atoms with Gasteiger partial charge in [-0.3, -0.25) is 0 Å². The Labute approximate surface area is 159 Å². The number of para-hydroxylation sites is 1. The average molecular weight is 388 g/mol. The van der Waals surface area contributed by atoms with E-state index in [9.17, 15) is 8.42 Å². The zero-order valence-corrected chi connectivity index (χ0v) is 16.5. The van der Waals surface area contributed by atoms with E-state index in [2.05, 4.69) is 21.2 Å². The highest BCUT2D eigenvalue weighted by Gasteiger charge is 2.17. The molecule has 0 atom stereocenters. The molecule has 0 aliphatic carbocycles. The van der Waals surface area contributed by atoms with Crippen LogP contribution in [0.1, 0.15) is 32.5 Å². The predicted octanol–water partition coefficient (Wildman–Crippen LogP) is 2.96. The molecule has 3 N–H and O–H groups in total. The van der Waals surface area contributed by atoms with Crippen molar-refractivity contribution in [2.45, 2.75) is 39.7 Å². The van der Waals surface area contributed by atoms with Gasteiger partial charge in [0.15, 0.2) is 5.82 Å². The lowest BCUT2D eigenvalue weighted by Gasteiger charge is -2.11. The van der Waals surface area contributed by atoms with E-state index in [1.165, 1.54) is 6.08 Å². The first-order valence-electron chi connectivity index (χ1n) is 9.12. The van der Waals surface area contributed by atoms with Crippen LogP contribution in [0.2, 0.25) is 0 Å². The number of imidazole rings is 1. The number of unbranched alkanes of at least 4 members (excludes halogenated alkanes) is 1. The molecule has 0 aliphatic rings. The van der Waals surface area contributed by atoms with Crippen LogP contribution in [0.25, 0.3) is 21.9 Å². The van der Waals surface area contributed by atoms with Crippen LogP contribution in [0.15, 0.2) is 35.7 Å². The molecule has 0 aliphatic heterocycles. The summed E-state index contributed by atoms with van der Waals surface area (Å²) in [5.41, 5.74) is 8.56. The molecule has 2 aromatic heterocycles. The van der Waals surface area contributed by atoms with Crippen LogP contribution in [-0.2, 0) is 23.0 Å². The molecule has 3 rings (SSSR count). The maximum Gasteiger partial charge on any atom is 0.233 e. The molecular formula is C19H25N5O2S. The smallest absolute Gasteiger partial charge is 0.233 e. The Balaban J connectivity index is 2.07. The number of sulfonamides is 1. The number of rotatable bonds is 8. The van der Waals surface area contributed by atoms with Crippen LogP contribution in [0.5, 0.6) is 0 Å². The molecule has 144 valence electrons. The zero-order valence-electron chi connectivity index (χ0n) is 15.6. The summed E-state index contributed by atoms with van der Waals surface area (Å²) in [6, 6.07) is 7.79. The second-order valence-corrected chi connectivity index (χ2v) is 8.05. The second-order valence-electron chi connectivity index (χ2n) is 6.40. The van der Waals surface area contributed by atoms with Crippen molar-refractivity contribution >= 4 is 37.8 Å². The SMILES string of the molecule is CC=CS(=O)(=O)NCCn1c(CCCC)nc2c(N)nc3ccccc3c21. The molecule has 27 heavy (non-hydrogen) atoms. The lowest BCUT2D eigenvalue weighted by atomic mass is 10.2. The number of allylic oxidation sites excluding steroid dienone is 1. The summed E-state index contributed by atoms with van der Waals surface area (Å²) in [7, 11) is -3.42. The fourth-order valence-electron chi connectivity index (χ4n) is 3.20. The molecule has 0 spiro atoms. The molecule has 0 radical (unpaired) electrons. The quantitative estimate of drug-likeness (QED) is 0.618. The van der Waals surface area contributed by atoms with Crippen LogP contribution in [-0.4, -0.2) is 29.5 Å². The van der Waals surface area contributed by atoms with Crippen molar-refractivity contribution in [3.63, 3.8) is 0 Å². The minimum atomic E-state index is -3.42. The summed E-state index contributed by atoms with van der Waals surface area (Å²) >= 11 is 0. The highest BCUT2D eigenvalue weighted by atomic mass is 32.2. The van der Waals surface area contributed by atoms with Gasteiger partial charge in [0.2, 0.25) is 10.0 Å². The summed E-state index contributed by atoms with van der Waals surface area (Å²) in [5, 5.41) is 2.13. The Bertz CT molecular complexity index is 1090. The van der Waals surface area contributed by atoms with Gasteiger partial charge in [0.05, 0.1) is 11.0 Å². The number of aryl methyl sites for hydroxylation is 1. The minimum absolute atomic E-state index is 0.272. The van der Waals surface area contributed by atoms with Gasteiger partial charge in [0.25, 0.3) is 0 Å². The van der Waals surface area contributed by atoms with Crippen molar-refractivity contribution < 1.29 is 8.42 Å². The summed E-state index contributed by atoms with van der Waals surface area (Å²) in [6.07, 6.45) is 4.35. The first-order valence-corrected chi connectivity index (χ1v) is 10.7. The van der Waals surface area contributed by atoms with Gasteiger partial charge in [-0.25, -0.2) is 23.1 Å². The van der Waals surface area contributed by atoms with E-state index in [1.54, 1.807) is 6.92 Å². The number of hydrogen-bond acceptors (Lipinski definition) is 5. The molecule has 0 unspecified atom stereocenters. The number of hydrogen-bond donors (Lipinski definition) is 2. The maximum absolute atomic E-state index is 11.9. The summed E-state index contributed by atoms with van der Waals surface area (Å²) < 4.78 is 28.5. The number of nitrogen functional groups attached to an aromatic ring is 1. The van der Waals surface area contributed by atoms with Gasteiger partial charge in [-0.05, 0) is 19.4 Å². The van der Waals surface area contributed by atoms with Crippen LogP contribution in [0.3, 0.4) is 0 Å². The fraction of sp³-hybridized carbons (Fsp3) is 0.368. The van der Waals surface area contributed by atoms with E-state index in [0.717, 1.165) is 46.9 Å². The van der Waals surface area contributed by atoms with Crippen molar-refractivity contribution in [2.75, 3.05) is 12.3 Å².